The topological polar surface area (TPSA) is 51.3 Å². The number of ether oxygens (including phenoxy) is 2. The second-order valence-electron chi connectivity index (χ2n) is 6.26. The van der Waals surface area contributed by atoms with Crippen molar-refractivity contribution >= 4 is 28.5 Å². The highest BCUT2D eigenvalue weighted by Gasteiger charge is 2.11. The summed E-state index contributed by atoms with van der Waals surface area (Å²) in [6, 6.07) is 20.6. The SMILES string of the molecule is CCOC(=O)c1ccc2[nH]cc(-c3ccc(Oc4ccc(Cl)cc4)cc3)c2c1. The molecular weight excluding hydrogens is 374 g/mol. The van der Waals surface area contributed by atoms with Crippen LogP contribution >= 0.6 is 11.6 Å². The van der Waals surface area contributed by atoms with Gasteiger partial charge in [-0.1, -0.05) is 23.7 Å². The fourth-order valence-electron chi connectivity index (χ4n) is 3.04. The van der Waals surface area contributed by atoms with Crippen LogP contribution in [0.1, 0.15) is 17.3 Å². The van der Waals surface area contributed by atoms with Crippen molar-refractivity contribution in [2.24, 2.45) is 0 Å². The Balaban J connectivity index is 1.61. The summed E-state index contributed by atoms with van der Waals surface area (Å²) in [5.41, 5.74) is 3.54. The first-order chi connectivity index (χ1) is 13.6. The van der Waals surface area contributed by atoms with Gasteiger partial charge in [-0.05, 0) is 67.1 Å². The van der Waals surface area contributed by atoms with Crippen molar-refractivity contribution in [1.29, 1.82) is 0 Å². The number of benzene rings is 3. The third kappa shape index (κ3) is 3.73. The Morgan fingerprint density at radius 1 is 0.964 bits per heavy atom. The standard InChI is InChI=1S/C23H18ClNO3/c1-2-27-23(26)16-5-12-22-20(13-16)21(14-25-22)15-3-8-18(9-4-15)28-19-10-6-17(24)7-11-19/h3-14,25H,2H2,1H3. The molecular formula is C23H18ClNO3. The summed E-state index contributed by atoms with van der Waals surface area (Å²) >= 11 is 5.90. The van der Waals surface area contributed by atoms with Crippen LogP contribution in [0.2, 0.25) is 5.02 Å². The average molecular weight is 392 g/mol. The first-order valence-corrected chi connectivity index (χ1v) is 9.34. The van der Waals surface area contributed by atoms with Crippen molar-refractivity contribution in [3.05, 3.63) is 83.5 Å². The lowest BCUT2D eigenvalue weighted by Gasteiger charge is -2.07. The summed E-state index contributed by atoms with van der Waals surface area (Å²) in [6.45, 7) is 2.15. The molecule has 0 aliphatic rings. The predicted octanol–water partition coefficient (Wildman–Crippen LogP) is 6.46. The van der Waals surface area contributed by atoms with E-state index in [1.54, 1.807) is 25.1 Å². The summed E-state index contributed by atoms with van der Waals surface area (Å²) in [5, 5.41) is 1.64. The minimum absolute atomic E-state index is 0.316. The molecule has 3 aromatic carbocycles. The lowest BCUT2D eigenvalue weighted by molar-refractivity contribution is 0.0526. The van der Waals surface area contributed by atoms with Gasteiger partial charge in [0.2, 0.25) is 0 Å². The van der Waals surface area contributed by atoms with Gasteiger partial charge in [0.05, 0.1) is 12.2 Å². The van der Waals surface area contributed by atoms with Gasteiger partial charge in [0.1, 0.15) is 11.5 Å². The molecule has 0 radical (unpaired) electrons. The number of esters is 1. The van der Waals surface area contributed by atoms with Crippen LogP contribution in [0.25, 0.3) is 22.0 Å². The van der Waals surface area contributed by atoms with E-state index in [0.29, 0.717) is 17.2 Å². The zero-order valence-electron chi connectivity index (χ0n) is 15.2. The molecule has 140 valence electrons. The van der Waals surface area contributed by atoms with Crippen molar-refractivity contribution in [3.63, 3.8) is 0 Å². The van der Waals surface area contributed by atoms with Gasteiger partial charge in [-0.25, -0.2) is 4.79 Å². The van der Waals surface area contributed by atoms with Crippen LogP contribution in [0.4, 0.5) is 0 Å². The van der Waals surface area contributed by atoms with Gasteiger partial charge in [0.25, 0.3) is 0 Å². The van der Waals surface area contributed by atoms with E-state index in [4.69, 9.17) is 21.1 Å². The third-order valence-electron chi connectivity index (χ3n) is 4.41. The molecule has 0 saturated heterocycles. The first kappa shape index (κ1) is 18.1. The molecule has 0 aliphatic carbocycles. The quantitative estimate of drug-likeness (QED) is 0.397. The number of halogens is 1. The number of H-pyrrole nitrogens is 1. The number of aromatic amines is 1. The van der Waals surface area contributed by atoms with Gasteiger partial charge in [0.15, 0.2) is 0 Å². The highest BCUT2D eigenvalue weighted by atomic mass is 35.5. The molecule has 0 unspecified atom stereocenters. The van der Waals surface area contributed by atoms with Gasteiger partial charge in [-0.2, -0.15) is 0 Å². The molecule has 0 atom stereocenters. The van der Waals surface area contributed by atoms with E-state index in [2.05, 4.69) is 4.98 Å². The number of carbonyl (C=O) groups is 1. The molecule has 28 heavy (non-hydrogen) atoms. The molecule has 0 aliphatic heterocycles. The smallest absolute Gasteiger partial charge is 0.338 e. The van der Waals surface area contributed by atoms with E-state index in [1.807, 2.05) is 54.7 Å². The van der Waals surface area contributed by atoms with Gasteiger partial charge in [-0.3, -0.25) is 0 Å². The molecule has 1 heterocycles. The van der Waals surface area contributed by atoms with Crippen molar-refractivity contribution in [2.45, 2.75) is 6.92 Å². The Morgan fingerprint density at radius 2 is 1.64 bits per heavy atom. The largest absolute Gasteiger partial charge is 0.462 e. The lowest BCUT2D eigenvalue weighted by Crippen LogP contribution is -2.04. The Labute approximate surface area is 167 Å². The monoisotopic (exact) mass is 391 g/mol. The van der Waals surface area contributed by atoms with Gasteiger partial charge >= 0.3 is 5.97 Å². The fraction of sp³-hybridized carbons (Fsp3) is 0.0870. The van der Waals surface area contributed by atoms with Crippen molar-refractivity contribution in [1.82, 2.24) is 4.98 Å². The predicted molar refractivity (Wildman–Crippen MR) is 111 cm³/mol. The van der Waals surface area contributed by atoms with Crippen LogP contribution in [-0.4, -0.2) is 17.6 Å². The maximum absolute atomic E-state index is 12.0. The average Bonchev–Trinajstić information content (AvgIpc) is 3.14. The first-order valence-electron chi connectivity index (χ1n) is 8.96. The number of carbonyl (C=O) groups excluding carboxylic acids is 1. The highest BCUT2D eigenvalue weighted by molar-refractivity contribution is 6.30. The second-order valence-corrected chi connectivity index (χ2v) is 6.70. The van der Waals surface area contributed by atoms with E-state index >= 15 is 0 Å². The second kappa shape index (κ2) is 7.79. The number of hydrogen-bond acceptors (Lipinski definition) is 3. The summed E-state index contributed by atoms with van der Waals surface area (Å²) in [7, 11) is 0. The van der Waals surface area contributed by atoms with Crippen LogP contribution in [0.5, 0.6) is 11.5 Å². The summed E-state index contributed by atoms with van der Waals surface area (Å²) < 4.78 is 10.9. The van der Waals surface area contributed by atoms with Gasteiger partial charge < -0.3 is 14.5 Å². The summed E-state index contributed by atoms with van der Waals surface area (Å²) in [4.78, 5) is 15.3. The third-order valence-corrected chi connectivity index (χ3v) is 4.66. The number of nitrogens with one attached hydrogen (secondary N) is 1. The zero-order chi connectivity index (χ0) is 19.5. The zero-order valence-corrected chi connectivity index (χ0v) is 16.0. The molecule has 5 heteroatoms. The molecule has 4 rings (SSSR count). The molecule has 1 aromatic heterocycles. The van der Waals surface area contributed by atoms with Crippen LogP contribution in [0, 0.1) is 0 Å². The van der Waals surface area contributed by atoms with Crippen molar-refractivity contribution in [3.8, 4) is 22.6 Å². The molecule has 1 N–H and O–H groups in total. The minimum atomic E-state index is -0.316. The van der Waals surface area contributed by atoms with E-state index in [-0.39, 0.29) is 5.97 Å². The number of hydrogen-bond donors (Lipinski definition) is 1. The van der Waals surface area contributed by atoms with Gasteiger partial charge in [-0.15, -0.1) is 0 Å². The van der Waals surface area contributed by atoms with Crippen LogP contribution < -0.4 is 4.74 Å². The van der Waals surface area contributed by atoms with Crippen LogP contribution in [-0.2, 0) is 4.74 Å². The Morgan fingerprint density at radius 3 is 2.32 bits per heavy atom. The molecule has 0 bridgehead atoms. The Kier molecular flexibility index (Phi) is 5.04. The molecule has 0 amide bonds. The Hall–Kier alpha value is -3.24. The van der Waals surface area contributed by atoms with E-state index in [0.717, 1.165) is 33.5 Å². The Bertz CT molecular complexity index is 1120. The molecule has 4 nitrogen and oxygen atoms in total. The van der Waals surface area contributed by atoms with E-state index in [1.165, 1.54) is 0 Å². The summed E-state index contributed by atoms with van der Waals surface area (Å²) in [5.74, 6) is 1.14. The number of aromatic nitrogens is 1. The van der Waals surface area contributed by atoms with Crippen molar-refractivity contribution < 1.29 is 14.3 Å². The molecule has 0 saturated carbocycles. The fourth-order valence-corrected chi connectivity index (χ4v) is 3.17. The maximum atomic E-state index is 12.0. The van der Waals surface area contributed by atoms with E-state index in [9.17, 15) is 4.79 Å². The van der Waals surface area contributed by atoms with E-state index < -0.39 is 0 Å². The molecule has 0 fully saturated rings. The van der Waals surface area contributed by atoms with Crippen molar-refractivity contribution in [2.75, 3.05) is 6.61 Å². The number of fused-ring (bicyclic) bond motifs is 1. The normalized spacial score (nSPS) is 10.8. The highest BCUT2D eigenvalue weighted by Crippen LogP contribution is 2.32. The van der Waals surface area contributed by atoms with Crippen LogP contribution in [0.15, 0.2) is 72.9 Å². The minimum Gasteiger partial charge on any atom is -0.462 e. The van der Waals surface area contributed by atoms with Gasteiger partial charge in [0, 0.05) is 27.7 Å². The lowest BCUT2D eigenvalue weighted by atomic mass is 10.0. The summed E-state index contributed by atoms with van der Waals surface area (Å²) in [6.07, 6.45) is 1.94. The maximum Gasteiger partial charge on any atom is 0.338 e. The number of rotatable bonds is 5. The molecule has 4 aromatic rings. The molecule has 0 spiro atoms. The van der Waals surface area contributed by atoms with Crippen LogP contribution in [0.3, 0.4) is 0 Å².